The van der Waals surface area contributed by atoms with Crippen molar-refractivity contribution in [1.29, 1.82) is 0 Å². The summed E-state index contributed by atoms with van der Waals surface area (Å²) in [7, 11) is -1.13. The average molecular weight is 389 g/mol. The van der Waals surface area contributed by atoms with E-state index in [0.29, 0.717) is 31.8 Å². The summed E-state index contributed by atoms with van der Waals surface area (Å²) in [5.41, 5.74) is 1.73. The first-order valence-electron chi connectivity index (χ1n) is 9.14. The molecule has 0 aliphatic carbocycles. The Balaban J connectivity index is 1.40. The van der Waals surface area contributed by atoms with Gasteiger partial charge in [0.15, 0.2) is 9.84 Å². The molecule has 1 fully saturated rings. The van der Waals surface area contributed by atoms with Crippen LogP contribution in [0.1, 0.15) is 17.9 Å². The summed E-state index contributed by atoms with van der Waals surface area (Å²) in [6.07, 6.45) is 1.24. The molecule has 2 aliphatic rings. The summed E-state index contributed by atoms with van der Waals surface area (Å²) < 4.78 is 29.2. The second-order valence-electron chi connectivity index (χ2n) is 7.29. The maximum Gasteiger partial charge on any atom is 0.237 e. The van der Waals surface area contributed by atoms with Gasteiger partial charge in [-0.25, -0.2) is 13.4 Å². The minimum Gasteiger partial charge on any atom is -0.441 e. The van der Waals surface area contributed by atoms with Crippen molar-refractivity contribution in [3.63, 3.8) is 0 Å². The van der Waals surface area contributed by atoms with Crippen LogP contribution in [0.4, 0.5) is 0 Å². The van der Waals surface area contributed by atoms with Crippen molar-refractivity contribution in [3.8, 4) is 11.5 Å². The molecule has 3 heterocycles. The van der Waals surface area contributed by atoms with Gasteiger partial charge in [-0.3, -0.25) is 9.69 Å². The van der Waals surface area contributed by atoms with Crippen molar-refractivity contribution >= 4 is 15.7 Å². The number of amides is 1. The lowest BCUT2D eigenvalue weighted by Crippen LogP contribution is -2.44. The van der Waals surface area contributed by atoms with Crippen LogP contribution in [0.25, 0.3) is 11.5 Å². The smallest absolute Gasteiger partial charge is 0.237 e. The number of hydrogen-bond acceptors (Lipinski definition) is 6. The van der Waals surface area contributed by atoms with Gasteiger partial charge in [-0.2, -0.15) is 0 Å². The van der Waals surface area contributed by atoms with Crippen LogP contribution in [0, 0.1) is 0 Å². The summed E-state index contributed by atoms with van der Waals surface area (Å²) in [6, 6.07) is 9.64. The molecule has 2 aliphatic heterocycles. The summed E-state index contributed by atoms with van der Waals surface area (Å²) in [5.74, 6) is 1.78. The van der Waals surface area contributed by atoms with Crippen molar-refractivity contribution in [3.05, 3.63) is 41.8 Å². The summed E-state index contributed by atoms with van der Waals surface area (Å²) in [4.78, 5) is 20.9. The van der Waals surface area contributed by atoms with Crippen molar-refractivity contribution in [2.45, 2.75) is 25.4 Å². The number of rotatable bonds is 4. The summed E-state index contributed by atoms with van der Waals surface area (Å²) in [5, 5.41) is 0. The summed E-state index contributed by atoms with van der Waals surface area (Å²) in [6.45, 7) is 1.24. The van der Waals surface area contributed by atoms with Gasteiger partial charge in [0.2, 0.25) is 11.8 Å². The number of aromatic nitrogens is 1. The fraction of sp³-hybridized carbons (Fsp3) is 0.474. The lowest BCUT2D eigenvalue weighted by Gasteiger charge is -2.29. The number of benzene rings is 1. The minimum absolute atomic E-state index is 0.00305. The first-order chi connectivity index (χ1) is 12.9. The largest absolute Gasteiger partial charge is 0.441 e. The number of carbonyl (C=O) groups excluding carboxylic acids is 1. The Bertz CT molecular complexity index is 939. The molecule has 1 aromatic carbocycles. The molecule has 0 bridgehead atoms. The number of fused-ring (bicyclic) bond motifs is 1. The molecular formula is C19H23N3O4S. The molecule has 1 saturated heterocycles. The van der Waals surface area contributed by atoms with Gasteiger partial charge >= 0.3 is 0 Å². The van der Waals surface area contributed by atoms with Gasteiger partial charge in [0.1, 0.15) is 11.5 Å². The number of likely N-dealkylation sites (N-methyl/N-ethyl adjacent to an activating group) is 1. The predicted molar refractivity (Wildman–Crippen MR) is 101 cm³/mol. The van der Waals surface area contributed by atoms with Crippen molar-refractivity contribution in [2.75, 3.05) is 31.6 Å². The van der Waals surface area contributed by atoms with Gasteiger partial charge in [-0.1, -0.05) is 18.2 Å². The van der Waals surface area contributed by atoms with Crippen molar-refractivity contribution in [1.82, 2.24) is 14.8 Å². The number of sulfone groups is 1. The van der Waals surface area contributed by atoms with E-state index in [9.17, 15) is 13.2 Å². The zero-order valence-electron chi connectivity index (χ0n) is 15.3. The fourth-order valence-corrected chi connectivity index (χ4v) is 5.49. The molecule has 0 saturated carbocycles. The van der Waals surface area contributed by atoms with Crippen LogP contribution in [0.2, 0.25) is 0 Å². The maximum absolute atomic E-state index is 12.7. The zero-order chi connectivity index (χ0) is 19.0. The maximum atomic E-state index is 12.7. The number of carbonyl (C=O) groups is 1. The topological polar surface area (TPSA) is 83.7 Å². The van der Waals surface area contributed by atoms with E-state index in [-0.39, 0.29) is 30.0 Å². The Morgan fingerprint density at radius 1 is 1.33 bits per heavy atom. The highest BCUT2D eigenvalue weighted by Gasteiger charge is 2.33. The predicted octanol–water partition coefficient (Wildman–Crippen LogP) is 1.35. The van der Waals surface area contributed by atoms with Crippen LogP contribution in [0.5, 0.6) is 0 Å². The van der Waals surface area contributed by atoms with Crippen molar-refractivity contribution < 1.29 is 17.6 Å². The molecule has 1 atom stereocenters. The number of nitrogens with zero attached hydrogens (tertiary/aromatic N) is 3. The molecule has 0 N–H and O–H groups in total. The Kier molecular flexibility index (Phi) is 4.77. The quantitative estimate of drug-likeness (QED) is 0.785. The number of hydrogen-bond donors (Lipinski definition) is 0. The Labute approximate surface area is 158 Å². The first-order valence-corrected chi connectivity index (χ1v) is 11.0. The van der Waals surface area contributed by atoms with E-state index in [0.717, 1.165) is 17.0 Å². The highest BCUT2D eigenvalue weighted by Crippen LogP contribution is 2.26. The molecule has 7 nitrogen and oxygen atoms in total. The van der Waals surface area contributed by atoms with Crippen molar-refractivity contribution in [2.24, 2.45) is 0 Å². The third-order valence-electron chi connectivity index (χ3n) is 5.32. The Hall–Kier alpha value is -2.19. The summed E-state index contributed by atoms with van der Waals surface area (Å²) >= 11 is 0. The van der Waals surface area contributed by atoms with Crippen LogP contribution < -0.4 is 0 Å². The molecule has 4 rings (SSSR count). The lowest BCUT2D eigenvalue weighted by atomic mass is 10.1. The Morgan fingerprint density at radius 3 is 2.81 bits per heavy atom. The molecule has 0 radical (unpaired) electrons. The van der Waals surface area contributed by atoms with Gasteiger partial charge in [0.25, 0.3) is 0 Å². The van der Waals surface area contributed by atoms with Crippen LogP contribution >= 0.6 is 0 Å². The normalized spacial score (nSPS) is 21.4. The Morgan fingerprint density at radius 2 is 2.11 bits per heavy atom. The molecule has 2 aromatic rings. The van der Waals surface area contributed by atoms with Gasteiger partial charge in [-0.05, 0) is 25.6 Å². The average Bonchev–Trinajstić information content (AvgIpc) is 3.24. The number of oxazole rings is 1. The highest BCUT2D eigenvalue weighted by molar-refractivity contribution is 7.91. The highest BCUT2D eigenvalue weighted by atomic mass is 32.2. The van der Waals surface area contributed by atoms with E-state index in [4.69, 9.17) is 4.42 Å². The standard InChI is InChI=1S/C19H23N3O4S/c1-21(15-8-10-27(24,25)13-15)12-18(23)22-9-7-17-16(11-22)20-19(26-17)14-5-3-2-4-6-14/h2-6,15H,7-13H2,1H3. The molecule has 0 spiro atoms. The first kappa shape index (κ1) is 18.2. The van der Waals surface area contributed by atoms with Crippen LogP contribution in [0.3, 0.4) is 0 Å². The molecular weight excluding hydrogens is 366 g/mol. The third kappa shape index (κ3) is 3.91. The molecule has 1 unspecified atom stereocenters. The second-order valence-corrected chi connectivity index (χ2v) is 9.52. The van der Waals surface area contributed by atoms with E-state index in [1.807, 2.05) is 42.3 Å². The fourth-order valence-electron chi connectivity index (χ4n) is 3.68. The minimum atomic E-state index is -2.95. The molecule has 8 heteroatoms. The van der Waals surface area contributed by atoms with Crippen LogP contribution in [-0.2, 0) is 27.6 Å². The second kappa shape index (κ2) is 7.09. The monoisotopic (exact) mass is 389 g/mol. The molecule has 144 valence electrons. The molecule has 1 aromatic heterocycles. The lowest BCUT2D eigenvalue weighted by molar-refractivity contribution is -0.133. The van der Waals surface area contributed by atoms with E-state index in [2.05, 4.69) is 4.98 Å². The van der Waals surface area contributed by atoms with Gasteiger partial charge in [0.05, 0.1) is 24.6 Å². The van der Waals surface area contributed by atoms with E-state index in [1.54, 1.807) is 4.90 Å². The van der Waals surface area contributed by atoms with Gasteiger partial charge in [0, 0.05) is 24.6 Å². The molecule has 1 amide bonds. The SMILES string of the molecule is CN(CC(=O)N1CCc2oc(-c3ccccc3)nc2C1)C1CCS(=O)(=O)C1. The van der Waals surface area contributed by atoms with E-state index in [1.165, 1.54) is 0 Å². The van der Waals surface area contributed by atoms with Gasteiger partial charge < -0.3 is 9.32 Å². The van der Waals surface area contributed by atoms with E-state index >= 15 is 0 Å². The van der Waals surface area contributed by atoms with Crippen LogP contribution in [0.15, 0.2) is 34.7 Å². The van der Waals surface area contributed by atoms with Gasteiger partial charge in [-0.15, -0.1) is 0 Å². The zero-order valence-corrected chi connectivity index (χ0v) is 16.1. The molecule has 27 heavy (non-hydrogen) atoms. The van der Waals surface area contributed by atoms with Crippen LogP contribution in [-0.4, -0.2) is 66.8 Å². The third-order valence-corrected chi connectivity index (χ3v) is 7.07. The van der Waals surface area contributed by atoms with E-state index < -0.39 is 9.84 Å².